The maximum absolute atomic E-state index is 11.0. The van der Waals surface area contributed by atoms with Gasteiger partial charge in [0, 0.05) is 24.6 Å². The Morgan fingerprint density at radius 1 is 1.06 bits per heavy atom. The number of rotatable bonds is 7. The van der Waals surface area contributed by atoms with Gasteiger partial charge in [0.15, 0.2) is 0 Å². The fourth-order valence-corrected chi connectivity index (χ4v) is 0.755. The first-order valence-corrected chi connectivity index (χ1v) is 4.90. The van der Waals surface area contributed by atoms with Crippen LogP contribution in [0, 0.1) is 0 Å². The third-order valence-corrected chi connectivity index (χ3v) is 1.50. The van der Waals surface area contributed by atoms with E-state index < -0.39 is 23.9 Å². The maximum atomic E-state index is 11.0. The van der Waals surface area contributed by atoms with E-state index in [4.69, 9.17) is 5.11 Å². The summed E-state index contributed by atoms with van der Waals surface area (Å²) in [5, 5.41) is 8.31. The summed E-state index contributed by atoms with van der Waals surface area (Å²) in [6, 6.07) is 0. The molecule has 0 saturated carbocycles. The molecule has 1 N–H and O–H groups in total. The monoisotopic (exact) mass is 256 g/mol. The molecule has 0 aromatic heterocycles. The number of carbonyl (C=O) groups excluding carboxylic acids is 3. The first-order chi connectivity index (χ1) is 8.45. The Bertz CT molecular complexity index is 381. The highest BCUT2D eigenvalue weighted by atomic mass is 16.6. The van der Waals surface area contributed by atoms with Gasteiger partial charge in [0.25, 0.3) is 0 Å². The minimum atomic E-state index is -1.03. The predicted octanol–water partition coefficient (Wildman–Crippen LogP) is 0.206. The van der Waals surface area contributed by atoms with Crippen molar-refractivity contribution in [1.29, 1.82) is 0 Å². The maximum Gasteiger partial charge on any atom is 0.338 e. The van der Waals surface area contributed by atoms with E-state index in [0.717, 1.165) is 18.2 Å². The normalized spacial score (nSPS) is 9.78. The Balaban J connectivity index is 3.86. The zero-order valence-corrected chi connectivity index (χ0v) is 9.46. The number of hydrogen-bond donors (Lipinski definition) is 1. The minimum Gasteiger partial charge on any atom is -0.481 e. The molecular weight excluding hydrogens is 244 g/mol. The van der Waals surface area contributed by atoms with Crippen LogP contribution in [0.25, 0.3) is 0 Å². The molecule has 0 radical (unpaired) electrons. The summed E-state index contributed by atoms with van der Waals surface area (Å²) in [5.41, 5.74) is 0. The van der Waals surface area contributed by atoms with Crippen LogP contribution < -0.4 is 0 Å². The minimum absolute atomic E-state index is 0.0733. The molecule has 0 rings (SSSR count). The fourth-order valence-electron chi connectivity index (χ4n) is 0.755. The average molecular weight is 256 g/mol. The molecule has 18 heavy (non-hydrogen) atoms. The number of aliphatic carboxylic acids is 1. The standard InChI is InChI=1S/C11H12O7/c1-2-9(14)18-11(16)6-5-10(15)17-7-3-4-8(12)13/h2,5-6H,1,3-4,7H2,(H,12,13)/b6-5-. The zero-order chi connectivity index (χ0) is 14.0. The van der Waals surface area contributed by atoms with Gasteiger partial charge in [-0.3, -0.25) is 4.79 Å². The van der Waals surface area contributed by atoms with Gasteiger partial charge in [0.1, 0.15) is 0 Å². The summed E-state index contributed by atoms with van der Waals surface area (Å²) in [6.07, 6.45) is 2.36. The molecule has 0 spiro atoms. The van der Waals surface area contributed by atoms with E-state index in [-0.39, 0.29) is 19.4 Å². The number of carboxylic acid groups (broad SMARTS) is 1. The van der Waals surface area contributed by atoms with Crippen LogP contribution in [0.3, 0.4) is 0 Å². The number of carboxylic acids is 1. The van der Waals surface area contributed by atoms with Crippen molar-refractivity contribution in [2.45, 2.75) is 12.8 Å². The molecule has 0 heterocycles. The van der Waals surface area contributed by atoms with Gasteiger partial charge >= 0.3 is 23.9 Å². The van der Waals surface area contributed by atoms with Gasteiger partial charge in [-0.2, -0.15) is 0 Å². The lowest BCUT2D eigenvalue weighted by atomic mass is 10.3. The van der Waals surface area contributed by atoms with Gasteiger partial charge in [-0.1, -0.05) is 6.58 Å². The highest BCUT2D eigenvalue weighted by molar-refractivity contribution is 5.98. The smallest absolute Gasteiger partial charge is 0.338 e. The summed E-state index contributed by atoms with van der Waals surface area (Å²) in [4.78, 5) is 42.6. The van der Waals surface area contributed by atoms with Crippen molar-refractivity contribution in [2.75, 3.05) is 6.61 Å². The third-order valence-electron chi connectivity index (χ3n) is 1.50. The van der Waals surface area contributed by atoms with Crippen molar-refractivity contribution in [3.05, 3.63) is 24.8 Å². The van der Waals surface area contributed by atoms with Crippen molar-refractivity contribution in [1.82, 2.24) is 0 Å². The summed E-state index contributed by atoms with van der Waals surface area (Å²) in [6.45, 7) is 3.01. The second-order valence-corrected chi connectivity index (χ2v) is 2.94. The number of esters is 3. The summed E-state index contributed by atoms with van der Waals surface area (Å²) >= 11 is 0. The van der Waals surface area contributed by atoms with Crippen LogP contribution in [0.15, 0.2) is 24.8 Å². The van der Waals surface area contributed by atoms with Crippen LogP contribution >= 0.6 is 0 Å². The van der Waals surface area contributed by atoms with Crippen molar-refractivity contribution >= 4 is 23.9 Å². The molecule has 0 unspecified atom stereocenters. The SMILES string of the molecule is C=CC(=O)OC(=O)/C=C\C(=O)OCCCC(=O)O. The molecule has 0 bridgehead atoms. The van der Waals surface area contributed by atoms with Crippen LogP contribution in [0.2, 0.25) is 0 Å². The molecule has 0 aromatic rings. The van der Waals surface area contributed by atoms with Crippen LogP contribution in [0.1, 0.15) is 12.8 Å². The van der Waals surface area contributed by atoms with Crippen LogP contribution in [-0.4, -0.2) is 35.6 Å². The number of carbonyl (C=O) groups is 4. The number of ether oxygens (including phenoxy) is 2. The molecule has 98 valence electrons. The van der Waals surface area contributed by atoms with Gasteiger partial charge < -0.3 is 14.6 Å². The first kappa shape index (κ1) is 15.6. The van der Waals surface area contributed by atoms with Crippen LogP contribution in [0.5, 0.6) is 0 Å². The van der Waals surface area contributed by atoms with Crippen LogP contribution in [-0.2, 0) is 28.7 Å². The molecule has 0 aromatic carbocycles. The van der Waals surface area contributed by atoms with Gasteiger partial charge in [0.2, 0.25) is 0 Å². The second kappa shape index (κ2) is 8.68. The second-order valence-electron chi connectivity index (χ2n) is 2.94. The lowest BCUT2D eigenvalue weighted by Gasteiger charge is -1.99. The number of hydrogen-bond acceptors (Lipinski definition) is 6. The van der Waals surface area contributed by atoms with Crippen molar-refractivity contribution < 1.29 is 33.8 Å². The average Bonchev–Trinajstić information content (AvgIpc) is 2.31. The quantitative estimate of drug-likeness (QED) is 0.300. The molecule has 0 fully saturated rings. The Labute approximate surface area is 103 Å². The van der Waals surface area contributed by atoms with E-state index in [1.807, 2.05) is 0 Å². The first-order valence-electron chi connectivity index (χ1n) is 4.90. The Morgan fingerprint density at radius 3 is 2.22 bits per heavy atom. The lowest BCUT2D eigenvalue weighted by molar-refractivity contribution is -0.152. The summed E-state index contributed by atoms with van der Waals surface area (Å²) in [5.74, 6) is -3.78. The van der Waals surface area contributed by atoms with E-state index in [0.29, 0.717) is 0 Å². The van der Waals surface area contributed by atoms with Crippen molar-refractivity contribution in [3.8, 4) is 0 Å². The Hall–Kier alpha value is -2.44. The van der Waals surface area contributed by atoms with Gasteiger partial charge in [-0.05, 0) is 6.42 Å². The molecule has 0 aliphatic heterocycles. The van der Waals surface area contributed by atoms with Crippen molar-refractivity contribution in [2.24, 2.45) is 0 Å². The topological polar surface area (TPSA) is 107 Å². The summed E-state index contributed by atoms with van der Waals surface area (Å²) < 4.78 is 8.71. The summed E-state index contributed by atoms with van der Waals surface area (Å²) in [7, 11) is 0. The van der Waals surface area contributed by atoms with Gasteiger partial charge in [-0.15, -0.1) is 0 Å². The fraction of sp³-hybridized carbons (Fsp3) is 0.273. The Morgan fingerprint density at radius 2 is 1.67 bits per heavy atom. The zero-order valence-electron chi connectivity index (χ0n) is 9.46. The molecule has 7 heteroatoms. The highest BCUT2D eigenvalue weighted by Crippen LogP contribution is 1.92. The van der Waals surface area contributed by atoms with E-state index in [1.165, 1.54) is 0 Å². The lowest BCUT2D eigenvalue weighted by Crippen LogP contribution is -2.09. The van der Waals surface area contributed by atoms with Gasteiger partial charge in [0.05, 0.1) is 6.61 Å². The van der Waals surface area contributed by atoms with Crippen molar-refractivity contribution in [3.63, 3.8) is 0 Å². The molecule has 0 saturated heterocycles. The largest absolute Gasteiger partial charge is 0.481 e. The molecule has 0 atom stereocenters. The molecule has 0 aliphatic carbocycles. The third kappa shape index (κ3) is 8.84. The van der Waals surface area contributed by atoms with E-state index >= 15 is 0 Å². The van der Waals surface area contributed by atoms with E-state index in [2.05, 4.69) is 16.1 Å². The van der Waals surface area contributed by atoms with Crippen LogP contribution in [0.4, 0.5) is 0 Å². The Kier molecular flexibility index (Phi) is 7.51. The van der Waals surface area contributed by atoms with Gasteiger partial charge in [-0.25, -0.2) is 14.4 Å². The van der Waals surface area contributed by atoms with E-state index in [9.17, 15) is 19.2 Å². The van der Waals surface area contributed by atoms with E-state index in [1.54, 1.807) is 0 Å². The molecular formula is C11H12O7. The molecule has 0 aliphatic rings. The predicted molar refractivity (Wildman–Crippen MR) is 58.3 cm³/mol. The highest BCUT2D eigenvalue weighted by Gasteiger charge is 2.04. The molecule has 7 nitrogen and oxygen atoms in total. The molecule has 0 amide bonds.